The van der Waals surface area contributed by atoms with Gasteiger partial charge in [-0.2, -0.15) is 0 Å². The minimum absolute atomic E-state index is 0.435. The maximum Gasteiger partial charge on any atom is 0.0628 e. The minimum Gasteiger partial charge on any atom is -0.383 e. The van der Waals surface area contributed by atoms with E-state index in [1.807, 2.05) is 0 Å². The lowest BCUT2D eigenvalue weighted by molar-refractivity contribution is 0.0391. The molecule has 1 fully saturated rings. The fourth-order valence-corrected chi connectivity index (χ4v) is 2.57. The summed E-state index contributed by atoms with van der Waals surface area (Å²) in [7, 11) is 3.97. The van der Waals surface area contributed by atoms with Crippen LogP contribution in [0.25, 0.3) is 0 Å². The monoisotopic (exact) mass is 258 g/mol. The maximum atomic E-state index is 5.53. The van der Waals surface area contributed by atoms with E-state index >= 15 is 0 Å². The van der Waals surface area contributed by atoms with E-state index in [1.54, 1.807) is 7.11 Å². The van der Waals surface area contributed by atoms with Gasteiger partial charge in [0.1, 0.15) is 0 Å². The van der Waals surface area contributed by atoms with Crippen LogP contribution >= 0.6 is 0 Å². The molecule has 1 rings (SSSR count). The van der Waals surface area contributed by atoms with Crippen molar-refractivity contribution in [2.24, 2.45) is 5.92 Å². The molecule has 2 unspecified atom stereocenters. The number of hydrogen-bond acceptors (Lipinski definition) is 4. The van der Waals surface area contributed by atoms with E-state index in [2.05, 4.69) is 24.2 Å². The van der Waals surface area contributed by atoms with Crippen LogP contribution in [0.5, 0.6) is 0 Å². The summed E-state index contributed by atoms with van der Waals surface area (Å²) >= 11 is 0. The van der Waals surface area contributed by atoms with Crippen molar-refractivity contribution in [2.75, 3.05) is 53.6 Å². The molecule has 0 aromatic rings. The fraction of sp³-hybridized carbons (Fsp3) is 1.00. The van der Waals surface area contributed by atoms with Gasteiger partial charge in [-0.25, -0.2) is 0 Å². The van der Waals surface area contributed by atoms with E-state index in [0.717, 1.165) is 39.5 Å². The first-order valence-corrected chi connectivity index (χ1v) is 7.24. The molecule has 1 aliphatic rings. The lowest BCUT2D eigenvalue weighted by Gasteiger charge is -2.29. The molecule has 1 saturated heterocycles. The Morgan fingerprint density at radius 2 is 2.33 bits per heavy atom. The first-order chi connectivity index (χ1) is 8.76. The lowest BCUT2D eigenvalue weighted by atomic mass is 10.0. The fourth-order valence-electron chi connectivity index (χ4n) is 2.57. The second kappa shape index (κ2) is 9.73. The quantitative estimate of drug-likeness (QED) is 0.677. The maximum absolute atomic E-state index is 5.53. The van der Waals surface area contributed by atoms with Crippen molar-refractivity contribution < 1.29 is 9.47 Å². The number of hydrogen-bond donors (Lipinski definition) is 1. The van der Waals surface area contributed by atoms with Crippen LogP contribution in [0.4, 0.5) is 0 Å². The van der Waals surface area contributed by atoms with Crippen molar-refractivity contribution >= 4 is 0 Å². The summed E-state index contributed by atoms with van der Waals surface area (Å²) in [5.74, 6) is 0.707. The highest BCUT2D eigenvalue weighted by molar-refractivity contribution is 4.73. The van der Waals surface area contributed by atoms with Crippen LogP contribution < -0.4 is 5.32 Å². The molecule has 0 radical (unpaired) electrons. The Balaban J connectivity index is 2.23. The summed E-state index contributed by atoms with van der Waals surface area (Å²) in [5.41, 5.74) is 0. The Bertz CT molecular complexity index is 196. The molecule has 0 amide bonds. The molecule has 0 spiro atoms. The number of ether oxygens (including phenoxy) is 2. The molecule has 108 valence electrons. The third-order valence-electron chi connectivity index (χ3n) is 3.41. The number of nitrogens with zero attached hydrogens (tertiary/aromatic N) is 1. The lowest BCUT2D eigenvalue weighted by Crippen LogP contribution is -2.44. The number of rotatable bonds is 9. The van der Waals surface area contributed by atoms with E-state index < -0.39 is 0 Å². The molecule has 2 atom stereocenters. The van der Waals surface area contributed by atoms with Crippen molar-refractivity contribution in [3.8, 4) is 0 Å². The van der Waals surface area contributed by atoms with Crippen molar-refractivity contribution in [1.82, 2.24) is 10.2 Å². The Morgan fingerprint density at radius 1 is 1.50 bits per heavy atom. The van der Waals surface area contributed by atoms with Crippen LogP contribution in [-0.4, -0.2) is 64.6 Å². The summed E-state index contributed by atoms with van der Waals surface area (Å²) in [4.78, 5) is 2.41. The van der Waals surface area contributed by atoms with E-state index in [1.165, 1.54) is 19.3 Å². The standard InChI is InChI=1S/C14H30N2O2/c1-4-7-15-14(12-17-3)10-16(2)9-13-6-5-8-18-11-13/h13-15H,4-12H2,1-3H3. The molecule has 0 aromatic heterocycles. The number of methoxy groups -OCH3 is 1. The Labute approximate surface area is 112 Å². The summed E-state index contributed by atoms with van der Waals surface area (Å²) < 4.78 is 10.8. The normalized spacial score (nSPS) is 22.3. The summed E-state index contributed by atoms with van der Waals surface area (Å²) in [6.07, 6.45) is 3.69. The highest BCUT2D eigenvalue weighted by Crippen LogP contribution is 2.14. The van der Waals surface area contributed by atoms with Crippen molar-refractivity contribution in [1.29, 1.82) is 0 Å². The van der Waals surface area contributed by atoms with Crippen LogP contribution in [0.2, 0.25) is 0 Å². The molecule has 18 heavy (non-hydrogen) atoms. The van der Waals surface area contributed by atoms with Crippen molar-refractivity contribution in [3.63, 3.8) is 0 Å². The highest BCUT2D eigenvalue weighted by Gasteiger charge is 2.18. The summed E-state index contributed by atoms with van der Waals surface area (Å²) in [6, 6.07) is 0.435. The average Bonchev–Trinajstić information content (AvgIpc) is 2.37. The van der Waals surface area contributed by atoms with E-state index in [9.17, 15) is 0 Å². The van der Waals surface area contributed by atoms with Gasteiger partial charge in [-0.1, -0.05) is 6.92 Å². The van der Waals surface area contributed by atoms with Gasteiger partial charge < -0.3 is 19.7 Å². The molecule has 0 saturated carbocycles. The zero-order chi connectivity index (χ0) is 13.2. The smallest absolute Gasteiger partial charge is 0.0628 e. The minimum atomic E-state index is 0.435. The first-order valence-electron chi connectivity index (χ1n) is 7.24. The Hall–Kier alpha value is -0.160. The molecule has 0 bridgehead atoms. The molecule has 1 aliphatic heterocycles. The van der Waals surface area contributed by atoms with Crippen LogP contribution in [0.1, 0.15) is 26.2 Å². The second-order valence-corrected chi connectivity index (χ2v) is 5.41. The average molecular weight is 258 g/mol. The largest absolute Gasteiger partial charge is 0.383 e. The Morgan fingerprint density at radius 3 is 2.94 bits per heavy atom. The zero-order valence-electron chi connectivity index (χ0n) is 12.3. The van der Waals surface area contributed by atoms with E-state index in [4.69, 9.17) is 9.47 Å². The van der Waals surface area contributed by atoms with Gasteiger partial charge in [0, 0.05) is 32.8 Å². The highest BCUT2D eigenvalue weighted by atomic mass is 16.5. The second-order valence-electron chi connectivity index (χ2n) is 5.41. The van der Waals surface area contributed by atoms with Gasteiger partial charge in [0.2, 0.25) is 0 Å². The van der Waals surface area contributed by atoms with Crippen LogP contribution in [0.3, 0.4) is 0 Å². The van der Waals surface area contributed by atoms with Crippen LogP contribution in [0, 0.1) is 5.92 Å². The van der Waals surface area contributed by atoms with E-state index in [-0.39, 0.29) is 0 Å². The summed E-state index contributed by atoms with van der Waals surface area (Å²) in [5, 5.41) is 3.54. The Kier molecular flexibility index (Phi) is 8.59. The topological polar surface area (TPSA) is 33.7 Å². The third kappa shape index (κ3) is 6.69. The van der Waals surface area contributed by atoms with Crippen molar-refractivity contribution in [3.05, 3.63) is 0 Å². The van der Waals surface area contributed by atoms with Gasteiger partial charge in [-0.3, -0.25) is 0 Å². The molecule has 4 heteroatoms. The van der Waals surface area contributed by atoms with Crippen LogP contribution in [0.15, 0.2) is 0 Å². The van der Waals surface area contributed by atoms with Gasteiger partial charge in [0.25, 0.3) is 0 Å². The van der Waals surface area contributed by atoms with Gasteiger partial charge in [0.05, 0.1) is 13.2 Å². The van der Waals surface area contributed by atoms with Gasteiger partial charge >= 0.3 is 0 Å². The summed E-state index contributed by atoms with van der Waals surface area (Å²) in [6.45, 7) is 8.10. The predicted molar refractivity (Wildman–Crippen MR) is 75.0 cm³/mol. The molecule has 1 heterocycles. The molecule has 0 aromatic carbocycles. The third-order valence-corrected chi connectivity index (χ3v) is 3.41. The molecular weight excluding hydrogens is 228 g/mol. The van der Waals surface area contributed by atoms with E-state index in [0.29, 0.717) is 12.0 Å². The van der Waals surface area contributed by atoms with Gasteiger partial charge in [-0.05, 0) is 38.8 Å². The molecule has 4 nitrogen and oxygen atoms in total. The zero-order valence-corrected chi connectivity index (χ0v) is 12.3. The molecule has 1 N–H and O–H groups in total. The molecular formula is C14H30N2O2. The first kappa shape index (κ1) is 15.9. The predicted octanol–water partition coefficient (Wildman–Crippen LogP) is 1.36. The molecule has 0 aliphatic carbocycles. The SMILES string of the molecule is CCCNC(COC)CN(C)CC1CCCOC1. The van der Waals surface area contributed by atoms with Crippen molar-refractivity contribution in [2.45, 2.75) is 32.2 Å². The van der Waals surface area contributed by atoms with Crippen LogP contribution in [-0.2, 0) is 9.47 Å². The number of nitrogens with one attached hydrogen (secondary N) is 1. The number of likely N-dealkylation sites (N-methyl/N-ethyl adjacent to an activating group) is 1. The van der Waals surface area contributed by atoms with Gasteiger partial charge in [0.15, 0.2) is 0 Å². The van der Waals surface area contributed by atoms with Gasteiger partial charge in [-0.15, -0.1) is 0 Å².